The van der Waals surface area contributed by atoms with Crippen LogP contribution in [0.1, 0.15) is 37.8 Å². The molecule has 0 fully saturated rings. The Labute approximate surface area is 90.7 Å². The Morgan fingerprint density at radius 2 is 2.07 bits per heavy atom. The second-order valence-electron chi connectivity index (χ2n) is 3.94. The summed E-state index contributed by atoms with van der Waals surface area (Å²) in [7, 11) is 0. The van der Waals surface area contributed by atoms with Crippen LogP contribution in [0.25, 0.3) is 0 Å². The largest absolute Gasteiger partial charge is 0.385 e. The zero-order valence-corrected chi connectivity index (χ0v) is 9.73. The Bertz CT molecular complexity index is 318. The molecule has 0 aliphatic rings. The summed E-state index contributed by atoms with van der Waals surface area (Å²) >= 11 is 6.01. The second-order valence-corrected chi connectivity index (χ2v) is 4.34. The molecule has 0 aliphatic heterocycles. The Morgan fingerprint density at radius 3 is 2.64 bits per heavy atom. The third kappa shape index (κ3) is 2.28. The summed E-state index contributed by atoms with van der Waals surface area (Å²) in [6.07, 6.45) is 1.72. The Kier molecular flexibility index (Phi) is 3.57. The molecule has 1 nitrogen and oxygen atoms in total. The first kappa shape index (κ1) is 11.5. The molecule has 14 heavy (non-hydrogen) atoms. The first-order chi connectivity index (χ1) is 6.49. The average molecular weight is 213 g/mol. The third-order valence-electron chi connectivity index (χ3n) is 2.58. The quantitative estimate of drug-likeness (QED) is 0.811. The fraction of sp³-hybridized carbons (Fsp3) is 0.500. The maximum absolute atomic E-state index is 10.2. The zero-order valence-electron chi connectivity index (χ0n) is 8.97. The van der Waals surface area contributed by atoms with Gasteiger partial charge < -0.3 is 5.11 Å². The second kappa shape index (κ2) is 4.33. The van der Waals surface area contributed by atoms with Crippen LogP contribution in [0.3, 0.4) is 0 Å². The normalized spacial score (nSPS) is 15.2. The molecule has 0 bridgehead atoms. The Balaban J connectivity index is 3.12. The summed E-state index contributed by atoms with van der Waals surface area (Å²) in [6.45, 7) is 5.85. The lowest BCUT2D eigenvalue weighted by Crippen LogP contribution is -2.21. The zero-order chi connectivity index (χ0) is 10.8. The van der Waals surface area contributed by atoms with Crippen molar-refractivity contribution >= 4 is 11.6 Å². The summed E-state index contributed by atoms with van der Waals surface area (Å²) in [5, 5.41) is 11.0. The lowest BCUT2D eigenvalue weighted by atomic mass is 9.88. The van der Waals surface area contributed by atoms with Gasteiger partial charge >= 0.3 is 0 Å². The molecule has 0 aromatic heterocycles. The van der Waals surface area contributed by atoms with Gasteiger partial charge in [-0.05, 0) is 37.5 Å². The fourth-order valence-corrected chi connectivity index (χ4v) is 1.99. The number of halogens is 1. The van der Waals surface area contributed by atoms with Crippen LogP contribution in [-0.4, -0.2) is 5.11 Å². The minimum absolute atomic E-state index is 0.721. The van der Waals surface area contributed by atoms with Gasteiger partial charge in [0.25, 0.3) is 0 Å². The van der Waals surface area contributed by atoms with Crippen molar-refractivity contribution in [1.82, 2.24) is 0 Å². The number of benzene rings is 1. The van der Waals surface area contributed by atoms with Crippen LogP contribution in [0.5, 0.6) is 0 Å². The van der Waals surface area contributed by atoms with E-state index in [-0.39, 0.29) is 0 Å². The van der Waals surface area contributed by atoms with Gasteiger partial charge in [0, 0.05) is 5.02 Å². The van der Waals surface area contributed by atoms with Crippen molar-refractivity contribution in [3.8, 4) is 0 Å². The molecular weight excluding hydrogens is 196 g/mol. The van der Waals surface area contributed by atoms with E-state index < -0.39 is 5.60 Å². The van der Waals surface area contributed by atoms with E-state index in [1.807, 2.05) is 32.0 Å². The highest BCUT2D eigenvalue weighted by Crippen LogP contribution is 2.31. The topological polar surface area (TPSA) is 20.2 Å². The first-order valence-electron chi connectivity index (χ1n) is 4.97. The molecular formula is C12H17ClO. The number of aliphatic hydroxyl groups is 1. The van der Waals surface area contributed by atoms with Gasteiger partial charge in [0.15, 0.2) is 0 Å². The van der Waals surface area contributed by atoms with Crippen LogP contribution in [0.2, 0.25) is 5.02 Å². The molecule has 1 rings (SSSR count). The summed E-state index contributed by atoms with van der Waals surface area (Å²) in [4.78, 5) is 0. The van der Waals surface area contributed by atoms with Gasteiger partial charge in [0.1, 0.15) is 0 Å². The molecule has 2 heteroatoms. The smallest absolute Gasteiger partial charge is 0.0871 e. The van der Waals surface area contributed by atoms with Crippen LogP contribution in [0, 0.1) is 6.92 Å². The predicted molar refractivity (Wildman–Crippen MR) is 60.7 cm³/mol. The maximum Gasteiger partial charge on any atom is 0.0871 e. The molecule has 0 spiro atoms. The van der Waals surface area contributed by atoms with Gasteiger partial charge in [-0.2, -0.15) is 0 Å². The molecule has 1 aromatic rings. The highest BCUT2D eigenvalue weighted by molar-refractivity contribution is 6.31. The van der Waals surface area contributed by atoms with E-state index in [1.54, 1.807) is 0 Å². The van der Waals surface area contributed by atoms with E-state index >= 15 is 0 Å². The first-order valence-corrected chi connectivity index (χ1v) is 5.35. The Hall–Kier alpha value is -0.530. The summed E-state index contributed by atoms with van der Waals surface area (Å²) in [6, 6.07) is 5.67. The van der Waals surface area contributed by atoms with Crippen LogP contribution < -0.4 is 0 Å². The summed E-state index contributed by atoms with van der Waals surface area (Å²) < 4.78 is 0. The third-order valence-corrected chi connectivity index (χ3v) is 2.99. The van der Waals surface area contributed by atoms with Crippen LogP contribution in [0.15, 0.2) is 18.2 Å². The van der Waals surface area contributed by atoms with Crippen molar-refractivity contribution in [2.45, 2.75) is 39.2 Å². The van der Waals surface area contributed by atoms with Gasteiger partial charge in [0.05, 0.1) is 5.60 Å². The molecule has 1 N–H and O–H groups in total. The predicted octanol–water partition coefficient (Wildman–Crippen LogP) is 3.66. The van der Waals surface area contributed by atoms with Gasteiger partial charge in [-0.15, -0.1) is 0 Å². The molecule has 0 heterocycles. The maximum atomic E-state index is 10.2. The Morgan fingerprint density at radius 1 is 1.43 bits per heavy atom. The summed E-state index contributed by atoms with van der Waals surface area (Å²) in [5.41, 5.74) is 1.16. The van der Waals surface area contributed by atoms with E-state index in [9.17, 15) is 5.11 Å². The molecule has 0 saturated heterocycles. The molecule has 0 radical (unpaired) electrons. The van der Waals surface area contributed by atoms with Crippen LogP contribution in [-0.2, 0) is 5.60 Å². The van der Waals surface area contributed by atoms with E-state index in [1.165, 1.54) is 0 Å². The fourth-order valence-electron chi connectivity index (χ4n) is 1.81. The SMILES string of the molecule is CCC[C@](C)(O)c1cccc(Cl)c1C. The highest BCUT2D eigenvalue weighted by atomic mass is 35.5. The minimum atomic E-state index is -0.760. The number of rotatable bonds is 3. The molecule has 0 unspecified atom stereocenters. The standard InChI is InChI=1S/C12H17ClO/c1-4-8-12(3,14)10-6-5-7-11(13)9(10)2/h5-7,14H,4,8H2,1-3H3/t12-/m0/s1. The lowest BCUT2D eigenvalue weighted by molar-refractivity contribution is 0.0463. The molecule has 78 valence electrons. The van der Waals surface area contributed by atoms with Crippen molar-refractivity contribution in [2.24, 2.45) is 0 Å². The molecule has 0 saturated carbocycles. The molecule has 1 atom stereocenters. The van der Waals surface area contributed by atoms with Crippen molar-refractivity contribution in [3.63, 3.8) is 0 Å². The van der Waals surface area contributed by atoms with Crippen molar-refractivity contribution in [2.75, 3.05) is 0 Å². The van der Waals surface area contributed by atoms with Gasteiger partial charge in [-0.3, -0.25) is 0 Å². The molecule has 1 aromatic carbocycles. The van der Waals surface area contributed by atoms with Gasteiger partial charge in [-0.1, -0.05) is 37.1 Å². The van der Waals surface area contributed by atoms with E-state index in [0.717, 1.165) is 29.0 Å². The van der Waals surface area contributed by atoms with E-state index in [2.05, 4.69) is 6.92 Å². The van der Waals surface area contributed by atoms with Crippen molar-refractivity contribution in [3.05, 3.63) is 34.3 Å². The van der Waals surface area contributed by atoms with E-state index in [0.29, 0.717) is 0 Å². The minimum Gasteiger partial charge on any atom is -0.385 e. The van der Waals surface area contributed by atoms with E-state index in [4.69, 9.17) is 11.6 Å². The van der Waals surface area contributed by atoms with Gasteiger partial charge in [-0.25, -0.2) is 0 Å². The average Bonchev–Trinajstić information content (AvgIpc) is 2.09. The lowest BCUT2D eigenvalue weighted by Gasteiger charge is -2.25. The molecule has 0 amide bonds. The number of hydrogen-bond donors (Lipinski definition) is 1. The number of hydrogen-bond acceptors (Lipinski definition) is 1. The van der Waals surface area contributed by atoms with Crippen molar-refractivity contribution < 1.29 is 5.11 Å². The molecule has 0 aliphatic carbocycles. The van der Waals surface area contributed by atoms with Crippen molar-refractivity contribution in [1.29, 1.82) is 0 Å². The van der Waals surface area contributed by atoms with Crippen LogP contribution in [0.4, 0.5) is 0 Å². The highest BCUT2D eigenvalue weighted by Gasteiger charge is 2.24. The van der Waals surface area contributed by atoms with Crippen LogP contribution >= 0.6 is 11.6 Å². The monoisotopic (exact) mass is 212 g/mol. The van der Waals surface area contributed by atoms with Gasteiger partial charge in [0.2, 0.25) is 0 Å². The summed E-state index contributed by atoms with van der Waals surface area (Å²) in [5.74, 6) is 0.